The van der Waals surface area contributed by atoms with Crippen molar-refractivity contribution in [2.45, 2.75) is 89.1 Å². The van der Waals surface area contributed by atoms with Crippen LogP contribution in [-0.4, -0.2) is 59.8 Å². The van der Waals surface area contributed by atoms with E-state index in [0.717, 1.165) is 6.42 Å². The van der Waals surface area contributed by atoms with Crippen molar-refractivity contribution in [2.75, 3.05) is 19.6 Å². The van der Waals surface area contributed by atoms with Crippen molar-refractivity contribution in [3.63, 3.8) is 0 Å². The highest BCUT2D eigenvalue weighted by Gasteiger charge is 2.55. The van der Waals surface area contributed by atoms with Crippen LogP contribution in [0.4, 0.5) is 26.3 Å². The zero-order valence-corrected chi connectivity index (χ0v) is 17.9. The maximum absolute atomic E-state index is 13.5. The van der Waals surface area contributed by atoms with Crippen molar-refractivity contribution in [3.05, 3.63) is 0 Å². The molecule has 0 N–H and O–H groups in total. The summed E-state index contributed by atoms with van der Waals surface area (Å²) in [6.45, 7) is 3.37. The third kappa shape index (κ3) is 4.71. The van der Waals surface area contributed by atoms with Gasteiger partial charge in [-0.1, -0.05) is 0 Å². The van der Waals surface area contributed by atoms with Gasteiger partial charge in [0.2, 0.25) is 5.91 Å². The van der Waals surface area contributed by atoms with Crippen molar-refractivity contribution < 1.29 is 31.1 Å². The number of carbonyl (C=O) groups excluding carboxylic acids is 1. The molecule has 4 atom stereocenters. The summed E-state index contributed by atoms with van der Waals surface area (Å²) in [6, 6.07) is 0.0140. The Labute approximate surface area is 179 Å². The Morgan fingerprint density at radius 3 is 2.03 bits per heavy atom. The molecule has 2 heterocycles. The summed E-state index contributed by atoms with van der Waals surface area (Å²) in [6.07, 6.45) is -5.17. The van der Waals surface area contributed by atoms with E-state index in [2.05, 4.69) is 4.90 Å². The predicted molar refractivity (Wildman–Crippen MR) is 103 cm³/mol. The number of carbonyl (C=O) groups is 1. The minimum absolute atomic E-state index is 0.00269. The Hall–Kier alpha value is -0.990. The first-order valence-corrected chi connectivity index (χ1v) is 11.5. The van der Waals surface area contributed by atoms with Crippen molar-refractivity contribution in [1.82, 2.24) is 9.80 Å². The first-order chi connectivity index (χ1) is 14.4. The fourth-order valence-corrected chi connectivity index (χ4v) is 6.96. The molecule has 3 nitrogen and oxygen atoms in total. The van der Waals surface area contributed by atoms with Crippen molar-refractivity contribution >= 4 is 5.91 Å². The summed E-state index contributed by atoms with van der Waals surface area (Å²) in [5.41, 5.74) is -0.235. The van der Waals surface area contributed by atoms with Crippen LogP contribution >= 0.6 is 0 Å². The maximum atomic E-state index is 13.5. The van der Waals surface area contributed by atoms with Gasteiger partial charge in [0, 0.05) is 44.1 Å². The molecular weight excluding hydrogens is 422 g/mol. The molecule has 4 unspecified atom stereocenters. The van der Waals surface area contributed by atoms with Crippen LogP contribution in [0.2, 0.25) is 0 Å². The van der Waals surface area contributed by atoms with Gasteiger partial charge in [-0.15, -0.1) is 0 Å². The zero-order valence-electron chi connectivity index (χ0n) is 17.9. The second-order valence-corrected chi connectivity index (χ2v) is 10.5. The van der Waals surface area contributed by atoms with Gasteiger partial charge in [0.25, 0.3) is 0 Å². The zero-order chi connectivity index (χ0) is 22.6. The van der Waals surface area contributed by atoms with Crippen molar-refractivity contribution in [1.29, 1.82) is 0 Å². The fourth-order valence-electron chi connectivity index (χ4n) is 6.96. The number of fused-ring (bicyclic) bond motifs is 1. The Balaban J connectivity index is 1.53. The van der Waals surface area contributed by atoms with E-state index >= 15 is 0 Å². The average molecular weight is 454 g/mol. The summed E-state index contributed by atoms with van der Waals surface area (Å²) in [4.78, 5) is 16.0. The molecule has 9 heteroatoms. The van der Waals surface area contributed by atoms with E-state index in [4.69, 9.17) is 0 Å². The Kier molecular flexibility index (Phi) is 6.06. The SMILES string of the molecule is CC(=O)N1CCC2(CC3CC(C(F)(F)F)CCC3N(C3CCC(C(F)(F)F)CC3)C2)C1. The molecule has 31 heavy (non-hydrogen) atoms. The van der Waals surface area contributed by atoms with E-state index in [1.165, 1.54) is 6.92 Å². The average Bonchev–Trinajstić information content (AvgIpc) is 3.09. The van der Waals surface area contributed by atoms with Gasteiger partial charge in [-0.3, -0.25) is 9.69 Å². The quantitative estimate of drug-likeness (QED) is 0.496. The van der Waals surface area contributed by atoms with E-state index in [0.29, 0.717) is 45.3 Å². The van der Waals surface area contributed by atoms with Crippen LogP contribution in [0.1, 0.15) is 64.7 Å². The number of halogens is 6. The molecule has 0 aromatic carbocycles. The van der Waals surface area contributed by atoms with Gasteiger partial charge in [0.1, 0.15) is 0 Å². The molecule has 4 aliphatic rings. The predicted octanol–water partition coefficient (Wildman–Crippen LogP) is 5.40. The molecule has 0 bridgehead atoms. The highest BCUT2D eigenvalue weighted by atomic mass is 19.4. The number of likely N-dealkylation sites (tertiary alicyclic amines) is 2. The molecule has 4 rings (SSSR count). The number of rotatable bonds is 1. The molecule has 0 aromatic rings. The van der Waals surface area contributed by atoms with Crippen LogP contribution in [0.25, 0.3) is 0 Å². The van der Waals surface area contributed by atoms with Crippen LogP contribution in [-0.2, 0) is 4.79 Å². The number of alkyl halides is 6. The van der Waals surface area contributed by atoms with Crippen molar-refractivity contribution in [3.8, 4) is 0 Å². The van der Waals surface area contributed by atoms with Gasteiger partial charge in [-0.25, -0.2) is 0 Å². The van der Waals surface area contributed by atoms with Gasteiger partial charge in [-0.2, -0.15) is 26.3 Å². The standard InChI is InChI=1S/C22H32F6N2O/c1-14(31)29-9-8-20(12-29)11-15-10-17(22(26,27)28)4-7-19(15)30(13-20)18-5-2-16(3-6-18)21(23,24)25/h15-19H,2-13H2,1H3. The molecule has 2 saturated heterocycles. The minimum atomic E-state index is -4.20. The van der Waals surface area contributed by atoms with E-state index in [9.17, 15) is 31.1 Å². The van der Waals surface area contributed by atoms with Gasteiger partial charge in [-0.05, 0) is 63.7 Å². The first-order valence-electron chi connectivity index (χ1n) is 11.5. The lowest BCUT2D eigenvalue weighted by Crippen LogP contribution is -2.60. The number of nitrogens with zero attached hydrogens (tertiary/aromatic N) is 2. The largest absolute Gasteiger partial charge is 0.391 e. The molecule has 0 aromatic heterocycles. The van der Waals surface area contributed by atoms with Crippen LogP contribution in [0.15, 0.2) is 0 Å². The summed E-state index contributed by atoms with van der Waals surface area (Å²) in [7, 11) is 0. The summed E-state index contributed by atoms with van der Waals surface area (Å²) >= 11 is 0. The number of hydrogen-bond donors (Lipinski definition) is 0. The van der Waals surface area contributed by atoms with E-state index in [1.807, 2.05) is 0 Å². The number of hydrogen-bond acceptors (Lipinski definition) is 2. The summed E-state index contributed by atoms with van der Waals surface area (Å²) < 4.78 is 79.8. The smallest absolute Gasteiger partial charge is 0.342 e. The third-order valence-corrected chi connectivity index (χ3v) is 8.56. The van der Waals surface area contributed by atoms with E-state index < -0.39 is 24.2 Å². The Morgan fingerprint density at radius 2 is 1.48 bits per heavy atom. The highest BCUT2D eigenvalue weighted by Crippen LogP contribution is 2.52. The Morgan fingerprint density at radius 1 is 0.871 bits per heavy atom. The number of piperidine rings is 1. The minimum Gasteiger partial charge on any atom is -0.342 e. The second kappa shape index (κ2) is 8.10. The summed E-state index contributed by atoms with van der Waals surface area (Å²) in [5, 5.41) is 0. The maximum Gasteiger partial charge on any atom is 0.391 e. The van der Waals surface area contributed by atoms with Crippen molar-refractivity contribution in [2.24, 2.45) is 23.2 Å². The molecule has 1 spiro atoms. The van der Waals surface area contributed by atoms with Gasteiger partial charge in [0.05, 0.1) is 11.8 Å². The highest BCUT2D eigenvalue weighted by molar-refractivity contribution is 5.73. The van der Waals surface area contributed by atoms with E-state index in [-0.39, 0.29) is 55.0 Å². The lowest BCUT2D eigenvalue weighted by Gasteiger charge is -2.56. The second-order valence-electron chi connectivity index (χ2n) is 10.5. The molecule has 178 valence electrons. The van der Waals surface area contributed by atoms with Crippen LogP contribution in [0, 0.1) is 23.2 Å². The number of amides is 1. The molecule has 0 radical (unpaired) electrons. The normalized spacial score (nSPS) is 40.2. The fraction of sp³-hybridized carbons (Fsp3) is 0.955. The van der Waals surface area contributed by atoms with Crippen LogP contribution < -0.4 is 0 Å². The lowest BCUT2D eigenvalue weighted by molar-refractivity contribution is -0.199. The molecule has 1 amide bonds. The topological polar surface area (TPSA) is 23.6 Å². The van der Waals surface area contributed by atoms with Crippen LogP contribution in [0.5, 0.6) is 0 Å². The first kappa shape index (κ1) is 23.2. The molecule has 2 aliphatic heterocycles. The monoisotopic (exact) mass is 454 g/mol. The molecule has 2 aliphatic carbocycles. The lowest BCUT2D eigenvalue weighted by atomic mass is 9.64. The van der Waals surface area contributed by atoms with Gasteiger partial charge < -0.3 is 4.90 Å². The molecule has 4 fully saturated rings. The Bertz CT molecular complexity index is 672. The van der Waals surface area contributed by atoms with Gasteiger partial charge in [0.15, 0.2) is 0 Å². The van der Waals surface area contributed by atoms with Crippen LogP contribution in [0.3, 0.4) is 0 Å². The molecular formula is C22H32F6N2O. The third-order valence-electron chi connectivity index (χ3n) is 8.56. The van der Waals surface area contributed by atoms with Gasteiger partial charge >= 0.3 is 12.4 Å². The molecule has 2 saturated carbocycles. The summed E-state index contributed by atoms with van der Waals surface area (Å²) in [5.74, 6) is -2.69. The van der Waals surface area contributed by atoms with E-state index in [1.54, 1.807) is 4.90 Å².